The predicted octanol–water partition coefficient (Wildman–Crippen LogP) is 4.08. The van der Waals surface area contributed by atoms with Crippen LogP contribution >= 0.6 is 0 Å². The first-order valence-electron chi connectivity index (χ1n) is 32.2. The summed E-state index contributed by atoms with van der Waals surface area (Å²) in [6.45, 7) is 13.1. The zero-order valence-corrected chi connectivity index (χ0v) is 54.4. The molecule has 28 unspecified atom stereocenters. The summed E-state index contributed by atoms with van der Waals surface area (Å²) < 4.78 is 99.8. The summed E-state index contributed by atoms with van der Waals surface area (Å²) in [5, 5.41) is 53.4. The van der Waals surface area contributed by atoms with Gasteiger partial charge in [0.05, 0.1) is 67.0 Å². The van der Waals surface area contributed by atoms with Gasteiger partial charge >= 0.3 is 11.9 Å². The molecular formula is C66H98O25. The first-order valence-corrected chi connectivity index (χ1v) is 32.2. The lowest BCUT2D eigenvalue weighted by atomic mass is 9.56. The molecule has 9 rings (SSSR count). The number of ketones is 2. The van der Waals surface area contributed by atoms with Crippen molar-refractivity contribution in [2.45, 2.75) is 279 Å². The summed E-state index contributed by atoms with van der Waals surface area (Å²) in [5.41, 5.74) is -2.61. The fraction of sp³-hybridized carbons (Fsp3) is 0.788. The number of carbonyl (C=O) groups excluding carboxylic acids is 4. The van der Waals surface area contributed by atoms with E-state index in [-0.39, 0.29) is 49.8 Å². The maximum atomic E-state index is 14.3. The molecule has 91 heavy (non-hydrogen) atoms. The molecule has 1 aromatic rings. The molecule has 1 aromatic carbocycles. The Morgan fingerprint density at radius 2 is 1.16 bits per heavy atom. The van der Waals surface area contributed by atoms with Crippen LogP contribution in [0.2, 0.25) is 0 Å². The molecule has 0 spiro atoms. The number of rotatable bonds is 23. The van der Waals surface area contributed by atoms with Gasteiger partial charge in [0.2, 0.25) is 0 Å². The minimum absolute atomic E-state index is 0.0319. The van der Waals surface area contributed by atoms with Crippen molar-refractivity contribution in [3.63, 3.8) is 0 Å². The van der Waals surface area contributed by atoms with Crippen molar-refractivity contribution in [1.82, 2.24) is 0 Å². The average molecular weight is 1290 g/mol. The van der Waals surface area contributed by atoms with Crippen molar-refractivity contribution in [1.29, 1.82) is 0 Å². The van der Waals surface area contributed by atoms with Crippen LogP contribution in [0.3, 0.4) is 0 Å². The topological polar surface area (TPSA) is 317 Å². The van der Waals surface area contributed by atoms with Gasteiger partial charge in [0.15, 0.2) is 31.5 Å². The number of aliphatic hydroxyl groups excluding tert-OH is 4. The SMILES string of the molecule is COC1CC(OC2CCC3(C)C(=CCC(=O)C3CC(OC(=O)C=Cc3ccccc3)C3(C)C(=O)CCC3(O)C(C)OC(C)=O)C2)OC(C)C1OC1CC(OC)C(OC2CC(OC)C(OC3CC(OC)C(OC4OC(CO)C(O)C(O)C4O)C(C)O3)C(C)O2)C(C)O1. The summed E-state index contributed by atoms with van der Waals surface area (Å²) in [4.78, 5) is 54.5. The van der Waals surface area contributed by atoms with Crippen molar-refractivity contribution in [3.8, 4) is 0 Å². The second kappa shape index (κ2) is 30.5. The molecule has 8 aliphatic rings. The van der Waals surface area contributed by atoms with Gasteiger partial charge in [0.25, 0.3) is 0 Å². The van der Waals surface area contributed by atoms with Gasteiger partial charge in [-0.2, -0.15) is 0 Å². The van der Waals surface area contributed by atoms with Gasteiger partial charge < -0.3 is 101 Å². The summed E-state index contributed by atoms with van der Waals surface area (Å²) in [5.74, 6) is -2.52. The molecule has 0 amide bonds. The number of aliphatic hydroxyl groups is 5. The molecule has 5 aliphatic heterocycles. The minimum atomic E-state index is -1.91. The van der Waals surface area contributed by atoms with Crippen molar-refractivity contribution >= 4 is 29.6 Å². The Morgan fingerprint density at radius 3 is 1.65 bits per heavy atom. The van der Waals surface area contributed by atoms with Gasteiger partial charge in [-0.3, -0.25) is 14.4 Å². The predicted molar refractivity (Wildman–Crippen MR) is 319 cm³/mol. The molecule has 7 fully saturated rings. The van der Waals surface area contributed by atoms with Crippen LogP contribution in [-0.4, -0.2) is 237 Å². The van der Waals surface area contributed by atoms with Gasteiger partial charge in [-0.15, -0.1) is 0 Å². The number of esters is 2. The highest BCUT2D eigenvalue weighted by molar-refractivity contribution is 5.92. The summed E-state index contributed by atoms with van der Waals surface area (Å²) >= 11 is 0. The Hall–Kier alpha value is -3.78. The molecule has 0 radical (unpaired) electrons. The van der Waals surface area contributed by atoms with Crippen LogP contribution in [0.4, 0.5) is 0 Å². The quantitative estimate of drug-likeness (QED) is 0.0585. The molecule has 512 valence electrons. The number of allylic oxidation sites excluding steroid dienone is 1. The number of hydrogen-bond donors (Lipinski definition) is 5. The van der Waals surface area contributed by atoms with E-state index < -0.39 is 182 Å². The second-order valence-corrected chi connectivity index (χ2v) is 26.3. The van der Waals surface area contributed by atoms with Crippen LogP contribution in [0.25, 0.3) is 6.08 Å². The van der Waals surface area contributed by atoms with E-state index >= 15 is 0 Å². The molecule has 2 saturated carbocycles. The molecule has 0 bridgehead atoms. The second-order valence-electron chi connectivity index (χ2n) is 26.3. The number of ether oxygens (including phenoxy) is 16. The molecule has 28 atom stereocenters. The highest BCUT2D eigenvalue weighted by Gasteiger charge is 2.66. The fourth-order valence-electron chi connectivity index (χ4n) is 15.3. The zero-order chi connectivity index (χ0) is 65.9. The highest BCUT2D eigenvalue weighted by atomic mass is 16.8. The first kappa shape index (κ1) is 71.5. The Kier molecular flexibility index (Phi) is 24.0. The fourth-order valence-corrected chi connectivity index (χ4v) is 15.3. The third-order valence-corrected chi connectivity index (χ3v) is 20.8. The summed E-state index contributed by atoms with van der Waals surface area (Å²) in [6.07, 6.45) is -12.1. The van der Waals surface area contributed by atoms with Crippen LogP contribution < -0.4 is 0 Å². The van der Waals surface area contributed by atoms with E-state index in [1.54, 1.807) is 41.3 Å². The Bertz CT molecular complexity index is 2660. The van der Waals surface area contributed by atoms with Crippen LogP contribution in [0.15, 0.2) is 48.1 Å². The van der Waals surface area contributed by atoms with Gasteiger partial charge in [-0.25, -0.2) is 4.79 Å². The monoisotopic (exact) mass is 1290 g/mol. The van der Waals surface area contributed by atoms with Gasteiger partial charge in [-0.1, -0.05) is 48.9 Å². The Labute approximate surface area is 532 Å². The van der Waals surface area contributed by atoms with Crippen molar-refractivity contribution < 1.29 is 121 Å². The number of hydrogen-bond acceptors (Lipinski definition) is 25. The van der Waals surface area contributed by atoms with Gasteiger partial charge in [0.1, 0.15) is 78.2 Å². The third-order valence-electron chi connectivity index (χ3n) is 20.8. The molecule has 25 nitrogen and oxygen atoms in total. The maximum absolute atomic E-state index is 14.3. The molecule has 5 saturated heterocycles. The summed E-state index contributed by atoms with van der Waals surface area (Å²) in [6, 6.07) is 9.17. The van der Waals surface area contributed by atoms with E-state index in [4.69, 9.17) is 75.8 Å². The number of benzene rings is 1. The largest absolute Gasteiger partial charge is 0.460 e. The van der Waals surface area contributed by atoms with Crippen LogP contribution in [0.1, 0.15) is 132 Å². The van der Waals surface area contributed by atoms with Crippen molar-refractivity contribution in [3.05, 3.63) is 53.6 Å². The zero-order valence-electron chi connectivity index (χ0n) is 54.4. The molecule has 5 heterocycles. The average Bonchev–Trinajstić information content (AvgIpc) is 1.66. The van der Waals surface area contributed by atoms with Gasteiger partial charge in [0, 0.05) is 85.9 Å². The molecule has 3 aliphatic carbocycles. The maximum Gasteiger partial charge on any atom is 0.331 e. The highest BCUT2D eigenvalue weighted by Crippen LogP contribution is 2.56. The number of carbonyl (C=O) groups is 4. The van der Waals surface area contributed by atoms with Crippen LogP contribution in [0, 0.1) is 16.7 Å². The Morgan fingerprint density at radius 1 is 0.670 bits per heavy atom. The lowest BCUT2D eigenvalue weighted by molar-refractivity contribution is -0.358. The van der Waals surface area contributed by atoms with E-state index in [0.29, 0.717) is 38.5 Å². The van der Waals surface area contributed by atoms with Crippen LogP contribution in [0.5, 0.6) is 0 Å². The lowest BCUT2D eigenvalue weighted by Gasteiger charge is -2.51. The number of Topliss-reactive ketones (excluding diaryl/α,β-unsaturated/α-hetero) is 2. The smallest absolute Gasteiger partial charge is 0.331 e. The van der Waals surface area contributed by atoms with E-state index in [1.165, 1.54) is 27.0 Å². The molecule has 0 aromatic heterocycles. The summed E-state index contributed by atoms with van der Waals surface area (Å²) in [7, 11) is 6.32. The normalized spacial score (nSPS) is 43.8. The van der Waals surface area contributed by atoms with Crippen LogP contribution in [-0.2, 0) is 95.0 Å². The number of fused-ring (bicyclic) bond motifs is 1. The van der Waals surface area contributed by atoms with Crippen molar-refractivity contribution in [2.75, 3.05) is 35.0 Å². The lowest BCUT2D eigenvalue weighted by Crippen LogP contribution is -2.62. The number of methoxy groups -OCH3 is 4. The van der Waals surface area contributed by atoms with Crippen molar-refractivity contribution in [2.24, 2.45) is 16.7 Å². The van der Waals surface area contributed by atoms with E-state index in [2.05, 4.69) is 0 Å². The van der Waals surface area contributed by atoms with Gasteiger partial charge in [-0.05, 0) is 90.7 Å². The molecule has 5 N–H and O–H groups in total. The standard InChI is InChI=1S/C66H98O25/c1-33-59(88-53-29-45(77-10)60(34(2)81-53)89-54-30-46(78-11)61(35(3)82-54)90-55-31-47(79-12)62(36(4)83-55)91-63-58(74)57(73)56(72)48(32-67)86-63)44(76-9)28-52(80-33)85-41-22-24-64(7)40(26-41)19-20-43(69)42(64)27-50(87-51(71)21-18-39-16-14-13-15-17-39)65(8)49(70)23-25-66(65,75)37(5)84-38(6)68/h13-19,21,33-37,41-42,44-48,50,52-63,67,72-75H,20,22-32H2,1-12H3. The first-order chi connectivity index (χ1) is 43.3. The Balaban J connectivity index is 0.777. The molecule has 25 heteroatoms. The van der Waals surface area contributed by atoms with E-state index in [9.17, 15) is 44.7 Å². The third kappa shape index (κ3) is 15.4. The van der Waals surface area contributed by atoms with E-state index in [1.807, 2.05) is 64.1 Å². The molecular weight excluding hydrogens is 1190 g/mol. The van der Waals surface area contributed by atoms with E-state index in [0.717, 1.165) is 11.1 Å². The minimum Gasteiger partial charge on any atom is -0.460 e.